The predicted octanol–water partition coefficient (Wildman–Crippen LogP) is 1.17. The molecule has 0 aliphatic rings. The standard InChI is InChI=1S/C11H14N2O3/c1-4-16-11(15)8(3)10(14)9-6-12-7(2)5-13-9/h5-6,8H,4H2,1-3H3. The number of ketones is 1. The van der Waals surface area contributed by atoms with Crippen LogP contribution in [0, 0.1) is 12.8 Å². The van der Waals surface area contributed by atoms with Crippen LogP contribution >= 0.6 is 0 Å². The van der Waals surface area contributed by atoms with Gasteiger partial charge in [0.25, 0.3) is 0 Å². The van der Waals surface area contributed by atoms with E-state index in [1.165, 1.54) is 19.3 Å². The lowest BCUT2D eigenvalue weighted by Gasteiger charge is -2.08. The largest absolute Gasteiger partial charge is 0.465 e. The van der Waals surface area contributed by atoms with Crippen molar-refractivity contribution >= 4 is 11.8 Å². The third-order valence-electron chi connectivity index (χ3n) is 2.07. The molecule has 0 radical (unpaired) electrons. The maximum Gasteiger partial charge on any atom is 0.316 e. The quantitative estimate of drug-likeness (QED) is 0.434. The highest BCUT2D eigenvalue weighted by molar-refractivity contribution is 6.07. The number of nitrogens with zero attached hydrogens (tertiary/aromatic N) is 2. The Bertz CT molecular complexity index is 387. The van der Waals surface area contributed by atoms with Crippen molar-refractivity contribution in [1.82, 2.24) is 9.97 Å². The topological polar surface area (TPSA) is 69.2 Å². The average Bonchev–Trinajstić information content (AvgIpc) is 2.28. The van der Waals surface area contributed by atoms with Gasteiger partial charge in [0.15, 0.2) is 5.78 Å². The highest BCUT2D eigenvalue weighted by Gasteiger charge is 2.24. The summed E-state index contributed by atoms with van der Waals surface area (Å²) in [5.74, 6) is -1.74. The molecule has 0 aliphatic carbocycles. The van der Waals surface area contributed by atoms with Crippen LogP contribution < -0.4 is 0 Å². The average molecular weight is 222 g/mol. The summed E-state index contributed by atoms with van der Waals surface area (Å²) >= 11 is 0. The number of esters is 1. The van der Waals surface area contributed by atoms with Gasteiger partial charge in [-0.25, -0.2) is 4.98 Å². The SMILES string of the molecule is CCOC(=O)C(C)C(=O)c1cnc(C)cn1. The molecule has 0 N–H and O–H groups in total. The van der Waals surface area contributed by atoms with E-state index in [1.54, 1.807) is 13.8 Å². The number of aromatic nitrogens is 2. The van der Waals surface area contributed by atoms with Crippen LogP contribution in [0.4, 0.5) is 0 Å². The van der Waals surface area contributed by atoms with E-state index in [2.05, 4.69) is 9.97 Å². The van der Waals surface area contributed by atoms with Gasteiger partial charge in [0.1, 0.15) is 11.6 Å². The normalized spacial score (nSPS) is 11.9. The molecular formula is C11H14N2O3. The summed E-state index contributed by atoms with van der Waals surface area (Å²) in [6.07, 6.45) is 2.86. The second-order valence-electron chi connectivity index (χ2n) is 3.38. The van der Waals surface area contributed by atoms with E-state index >= 15 is 0 Å². The van der Waals surface area contributed by atoms with Crippen LogP contribution in [-0.2, 0) is 9.53 Å². The summed E-state index contributed by atoms with van der Waals surface area (Å²) in [5.41, 5.74) is 0.909. The van der Waals surface area contributed by atoms with Crippen LogP contribution in [0.15, 0.2) is 12.4 Å². The van der Waals surface area contributed by atoms with Gasteiger partial charge in [0.05, 0.1) is 18.5 Å². The van der Waals surface area contributed by atoms with Gasteiger partial charge in [0.2, 0.25) is 0 Å². The Morgan fingerprint density at radius 2 is 2.06 bits per heavy atom. The van der Waals surface area contributed by atoms with Crippen molar-refractivity contribution in [2.45, 2.75) is 20.8 Å². The molecule has 1 aromatic heterocycles. The minimum atomic E-state index is -0.836. The van der Waals surface area contributed by atoms with Crippen LogP contribution in [0.25, 0.3) is 0 Å². The number of aryl methyl sites for hydroxylation is 1. The Hall–Kier alpha value is -1.78. The first-order valence-corrected chi connectivity index (χ1v) is 5.05. The van der Waals surface area contributed by atoms with Gasteiger partial charge in [-0.3, -0.25) is 14.6 Å². The molecule has 86 valence electrons. The number of hydrogen-bond donors (Lipinski definition) is 0. The van der Waals surface area contributed by atoms with Gasteiger partial charge in [-0.2, -0.15) is 0 Å². The third kappa shape index (κ3) is 2.85. The van der Waals surface area contributed by atoms with Crippen molar-refractivity contribution in [3.05, 3.63) is 23.8 Å². The first-order chi connectivity index (χ1) is 7.56. The van der Waals surface area contributed by atoms with E-state index in [0.29, 0.717) is 0 Å². The molecule has 0 bridgehead atoms. The molecule has 0 saturated carbocycles. The van der Waals surface area contributed by atoms with Gasteiger partial charge in [-0.1, -0.05) is 0 Å². The first kappa shape index (κ1) is 12.3. The number of carbonyl (C=O) groups is 2. The van der Waals surface area contributed by atoms with Crippen LogP contribution in [0.5, 0.6) is 0 Å². The molecule has 1 unspecified atom stereocenters. The Morgan fingerprint density at radius 3 is 2.56 bits per heavy atom. The van der Waals surface area contributed by atoms with E-state index in [0.717, 1.165) is 5.69 Å². The molecule has 1 atom stereocenters. The molecule has 5 nitrogen and oxygen atoms in total. The van der Waals surface area contributed by atoms with Crippen molar-refractivity contribution in [2.75, 3.05) is 6.61 Å². The van der Waals surface area contributed by atoms with Crippen molar-refractivity contribution in [2.24, 2.45) is 5.92 Å². The molecule has 0 aromatic carbocycles. The number of ether oxygens (including phenoxy) is 1. The zero-order valence-corrected chi connectivity index (χ0v) is 9.56. The Morgan fingerprint density at radius 1 is 1.38 bits per heavy atom. The van der Waals surface area contributed by atoms with Gasteiger partial charge >= 0.3 is 5.97 Å². The molecular weight excluding hydrogens is 208 g/mol. The first-order valence-electron chi connectivity index (χ1n) is 5.05. The maximum atomic E-state index is 11.8. The van der Waals surface area contributed by atoms with Gasteiger partial charge in [-0.15, -0.1) is 0 Å². The minimum Gasteiger partial charge on any atom is -0.465 e. The highest BCUT2D eigenvalue weighted by atomic mass is 16.5. The van der Waals surface area contributed by atoms with Crippen molar-refractivity contribution in [3.8, 4) is 0 Å². The van der Waals surface area contributed by atoms with E-state index in [1.807, 2.05) is 0 Å². The van der Waals surface area contributed by atoms with Crippen LogP contribution in [0.2, 0.25) is 0 Å². The van der Waals surface area contributed by atoms with E-state index in [-0.39, 0.29) is 18.1 Å². The molecule has 0 spiro atoms. The molecule has 1 aromatic rings. The molecule has 1 rings (SSSR count). The van der Waals surface area contributed by atoms with Gasteiger partial charge in [-0.05, 0) is 20.8 Å². The molecule has 0 saturated heterocycles. The lowest BCUT2D eigenvalue weighted by atomic mass is 10.0. The van der Waals surface area contributed by atoms with Crippen molar-refractivity contribution in [3.63, 3.8) is 0 Å². The molecule has 16 heavy (non-hydrogen) atoms. The summed E-state index contributed by atoms with van der Waals surface area (Å²) in [5, 5.41) is 0. The molecule has 0 aliphatic heterocycles. The number of hydrogen-bond acceptors (Lipinski definition) is 5. The maximum absolute atomic E-state index is 11.8. The third-order valence-corrected chi connectivity index (χ3v) is 2.07. The van der Waals surface area contributed by atoms with Crippen LogP contribution in [0.1, 0.15) is 30.0 Å². The zero-order valence-electron chi connectivity index (χ0n) is 9.56. The predicted molar refractivity (Wildman–Crippen MR) is 56.9 cm³/mol. The summed E-state index contributed by atoms with van der Waals surface area (Å²) < 4.78 is 4.76. The van der Waals surface area contributed by atoms with E-state index in [4.69, 9.17) is 4.74 Å². The number of rotatable bonds is 4. The Balaban J connectivity index is 2.78. The second-order valence-corrected chi connectivity index (χ2v) is 3.38. The van der Waals surface area contributed by atoms with Crippen molar-refractivity contribution < 1.29 is 14.3 Å². The zero-order chi connectivity index (χ0) is 12.1. The van der Waals surface area contributed by atoms with Crippen LogP contribution in [0.3, 0.4) is 0 Å². The monoisotopic (exact) mass is 222 g/mol. The smallest absolute Gasteiger partial charge is 0.316 e. The summed E-state index contributed by atoms with van der Waals surface area (Å²) in [6, 6.07) is 0. The summed E-state index contributed by atoms with van der Waals surface area (Å²) in [7, 11) is 0. The second kappa shape index (κ2) is 5.34. The Kier molecular flexibility index (Phi) is 4.10. The van der Waals surface area contributed by atoms with Gasteiger partial charge in [0, 0.05) is 6.20 Å². The molecule has 5 heteroatoms. The van der Waals surface area contributed by atoms with Crippen LogP contribution in [-0.4, -0.2) is 28.3 Å². The fourth-order valence-electron chi connectivity index (χ4n) is 1.12. The molecule has 0 fully saturated rings. The summed E-state index contributed by atoms with van der Waals surface area (Å²) in [6.45, 7) is 5.23. The minimum absolute atomic E-state index is 0.186. The number of carbonyl (C=O) groups excluding carboxylic acids is 2. The lowest BCUT2D eigenvalue weighted by molar-refractivity contribution is -0.145. The Labute approximate surface area is 93.9 Å². The highest BCUT2D eigenvalue weighted by Crippen LogP contribution is 2.07. The van der Waals surface area contributed by atoms with E-state index in [9.17, 15) is 9.59 Å². The van der Waals surface area contributed by atoms with Crippen molar-refractivity contribution in [1.29, 1.82) is 0 Å². The fraction of sp³-hybridized carbons (Fsp3) is 0.455. The number of Topliss-reactive ketones (excluding diaryl/α,β-unsaturated/α-hetero) is 1. The lowest BCUT2D eigenvalue weighted by Crippen LogP contribution is -2.24. The molecule has 1 heterocycles. The van der Waals surface area contributed by atoms with Gasteiger partial charge < -0.3 is 4.74 Å². The summed E-state index contributed by atoms with van der Waals surface area (Å²) in [4.78, 5) is 31.0. The van der Waals surface area contributed by atoms with E-state index < -0.39 is 11.9 Å². The fourth-order valence-corrected chi connectivity index (χ4v) is 1.12. The molecule has 0 amide bonds.